The Morgan fingerprint density at radius 3 is 2.50 bits per heavy atom. The number of hydrogen-bond acceptors (Lipinski definition) is 4. The van der Waals surface area contributed by atoms with Gasteiger partial charge in [-0.1, -0.05) is 12.1 Å². The van der Waals surface area contributed by atoms with E-state index in [4.69, 9.17) is 4.74 Å². The van der Waals surface area contributed by atoms with Gasteiger partial charge in [-0.15, -0.1) is 0 Å². The lowest BCUT2D eigenvalue weighted by Gasteiger charge is -2.35. The normalized spacial score (nSPS) is 25.9. The number of ether oxygens (including phenoxy) is 1. The summed E-state index contributed by atoms with van der Waals surface area (Å²) in [5.41, 5.74) is 1.68. The quantitative estimate of drug-likeness (QED) is 0.839. The lowest BCUT2D eigenvalue weighted by Crippen LogP contribution is -2.48. The maximum absolute atomic E-state index is 12.7. The van der Waals surface area contributed by atoms with Crippen molar-refractivity contribution in [2.45, 2.75) is 57.9 Å². The summed E-state index contributed by atoms with van der Waals surface area (Å²) in [7, 11) is 0. The molecular formula is C20H29N3O3. The smallest absolute Gasteiger partial charge is 0.254 e. The second-order valence-electron chi connectivity index (χ2n) is 7.44. The van der Waals surface area contributed by atoms with Gasteiger partial charge in [0.25, 0.3) is 5.91 Å². The number of carbonyl (C=O) groups is 2. The molecule has 0 spiro atoms. The zero-order valence-electron chi connectivity index (χ0n) is 15.7. The minimum absolute atomic E-state index is 0.0369. The third-order valence-electron chi connectivity index (χ3n) is 4.99. The van der Waals surface area contributed by atoms with Crippen LogP contribution in [0.1, 0.15) is 49.0 Å². The molecule has 0 bridgehead atoms. The number of nitrogens with one attached hydrogen (secondary N) is 2. The van der Waals surface area contributed by atoms with Gasteiger partial charge in [0.1, 0.15) is 0 Å². The molecule has 2 N–H and O–H groups in total. The number of morpholine rings is 1. The molecule has 2 heterocycles. The average molecular weight is 359 g/mol. The third-order valence-corrected chi connectivity index (χ3v) is 4.99. The van der Waals surface area contributed by atoms with Gasteiger partial charge in [0.05, 0.1) is 12.2 Å². The fourth-order valence-electron chi connectivity index (χ4n) is 3.72. The van der Waals surface area contributed by atoms with E-state index in [1.165, 1.54) is 0 Å². The average Bonchev–Trinajstić information content (AvgIpc) is 3.12. The van der Waals surface area contributed by atoms with E-state index in [0.29, 0.717) is 37.7 Å². The Morgan fingerprint density at radius 1 is 1.19 bits per heavy atom. The molecule has 0 aromatic heterocycles. The summed E-state index contributed by atoms with van der Waals surface area (Å²) in [6.45, 7) is 6.72. The van der Waals surface area contributed by atoms with Gasteiger partial charge < -0.3 is 20.3 Å². The second-order valence-corrected chi connectivity index (χ2v) is 7.44. The van der Waals surface area contributed by atoms with Crippen molar-refractivity contribution in [3.05, 3.63) is 35.4 Å². The topological polar surface area (TPSA) is 70.7 Å². The van der Waals surface area contributed by atoms with E-state index in [9.17, 15) is 9.59 Å². The van der Waals surface area contributed by atoms with E-state index in [-0.39, 0.29) is 24.0 Å². The number of amides is 2. The first-order valence-corrected chi connectivity index (χ1v) is 9.55. The van der Waals surface area contributed by atoms with Gasteiger partial charge in [0, 0.05) is 37.7 Å². The lowest BCUT2D eigenvalue weighted by molar-refractivity contribution is -0.121. The fraction of sp³-hybridized carbons (Fsp3) is 0.600. The molecule has 1 aromatic carbocycles. The second kappa shape index (κ2) is 8.64. The monoisotopic (exact) mass is 359 g/mol. The van der Waals surface area contributed by atoms with Gasteiger partial charge in [-0.25, -0.2) is 0 Å². The Hall–Kier alpha value is -1.92. The highest BCUT2D eigenvalue weighted by molar-refractivity contribution is 5.94. The highest BCUT2D eigenvalue weighted by atomic mass is 16.5. The van der Waals surface area contributed by atoms with E-state index < -0.39 is 0 Å². The van der Waals surface area contributed by atoms with E-state index in [1.807, 2.05) is 43.0 Å². The molecule has 6 heteroatoms. The summed E-state index contributed by atoms with van der Waals surface area (Å²) in [5.74, 6) is 0.107. The van der Waals surface area contributed by atoms with E-state index in [1.54, 1.807) is 0 Å². The highest BCUT2D eigenvalue weighted by Crippen LogP contribution is 2.15. The van der Waals surface area contributed by atoms with Crippen LogP contribution in [-0.4, -0.2) is 54.6 Å². The van der Waals surface area contributed by atoms with Crippen LogP contribution in [0.2, 0.25) is 0 Å². The van der Waals surface area contributed by atoms with E-state index in [0.717, 1.165) is 24.9 Å². The number of rotatable bonds is 5. The Bertz CT molecular complexity index is 616. The van der Waals surface area contributed by atoms with Crippen LogP contribution in [0, 0.1) is 0 Å². The van der Waals surface area contributed by atoms with Gasteiger partial charge in [-0.3, -0.25) is 9.59 Å². The molecule has 0 saturated carbocycles. The first-order chi connectivity index (χ1) is 12.5. The van der Waals surface area contributed by atoms with Crippen molar-refractivity contribution in [1.82, 2.24) is 15.5 Å². The molecule has 3 atom stereocenters. The Kier molecular flexibility index (Phi) is 6.27. The maximum Gasteiger partial charge on any atom is 0.254 e. The fourth-order valence-corrected chi connectivity index (χ4v) is 3.72. The molecule has 0 aliphatic carbocycles. The van der Waals surface area contributed by atoms with Gasteiger partial charge in [0.2, 0.25) is 5.91 Å². The molecular weight excluding hydrogens is 330 g/mol. The Morgan fingerprint density at radius 2 is 1.88 bits per heavy atom. The SMILES string of the molecule is CC1CN(C(=O)c2ccc(CNC(=O)CC3CCCN3)cc2)CC(C)O1. The molecule has 1 aromatic rings. The molecule has 2 aliphatic heterocycles. The summed E-state index contributed by atoms with van der Waals surface area (Å²) in [6.07, 6.45) is 2.87. The molecule has 3 unspecified atom stereocenters. The van der Waals surface area contributed by atoms with Crippen LogP contribution in [0.3, 0.4) is 0 Å². The molecule has 6 nitrogen and oxygen atoms in total. The Balaban J connectivity index is 1.49. The van der Waals surface area contributed by atoms with Crippen molar-refractivity contribution in [1.29, 1.82) is 0 Å². The first-order valence-electron chi connectivity index (χ1n) is 9.55. The van der Waals surface area contributed by atoms with Crippen molar-refractivity contribution in [3.63, 3.8) is 0 Å². The van der Waals surface area contributed by atoms with Crippen LogP contribution in [0.5, 0.6) is 0 Å². The molecule has 3 rings (SSSR count). The maximum atomic E-state index is 12.7. The number of hydrogen-bond donors (Lipinski definition) is 2. The highest BCUT2D eigenvalue weighted by Gasteiger charge is 2.26. The van der Waals surface area contributed by atoms with Crippen LogP contribution in [-0.2, 0) is 16.1 Å². The summed E-state index contributed by atoms with van der Waals surface area (Å²) in [6, 6.07) is 7.82. The molecule has 2 saturated heterocycles. The number of carbonyl (C=O) groups excluding carboxylic acids is 2. The minimum atomic E-state index is 0.0369. The largest absolute Gasteiger partial charge is 0.372 e. The molecule has 2 aliphatic rings. The van der Waals surface area contributed by atoms with Gasteiger partial charge >= 0.3 is 0 Å². The van der Waals surface area contributed by atoms with E-state index >= 15 is 0 Å². The van der Waals surface area contributed by atoms with Crippen LogP contribution < -0.4 is 10.6 Å². The Labute approximate surface area is 155 Å². The number of benzene rings is 1. The van der Waals surface area contributed by atoms with Crippen LogP contribution in [0.15, 0.2) is 24.3 Å². The summed E-state index contributed by atoms with van der Waals surface area (Å²) >= 11 is 0. The van der Waals surface area contributed by atoms with Gasteiger partial charge in [-0.05, 0) is 50.9 Å². The predicted octanol–water partition coefficient (Wildman–Crippen LogP) is 1.69. The molecule has 26 heavy (non-hydrogen) atoms. The number of nitrogens with zero attached hydrogens (tertiary/aromatic N) is 1. The van der Waals surface area contributed by atoms with Crippen molar-refractivity contribution < 1.29 is 14.3 Å². The van der Waals surface area contributed by atoms with Crippen LogP contribution in [0.4, 0.5) is 0 Å². The molecule has 2 amide bonds. The zero-order valence-corrected chi connectivity index (χ0v) is 15.7. The lowest BCUT2D eigenvalue weighted by atomic mass is 10.1. The summed E-state index contributed by atoms with van der Waals surface area (Å²) < 4.78 is 5.68. The van der Waals surface area contributed by atoms with Gasteiger partial charge in [-0.2, -0.15) is 0 Å². The molecule has 142 valence electrons. The van der Waals surface area contributed by atoms with E-state index in [2.05, 4.69) is 10.6 Å². The predicted molar refractivity (Wildman–Crippen MR) is 99.8 cm³/mol. The third kappa shape index (κ3) is 5.05. The van der Waals surface area contributed by atoms with Crippen molar-refractivity contribution in [2.24, 2.45) is 0 Å². The van der Waals surface area contributed by atoms with Crippen LogP contribution >= 0.6 is 0 Å². The summed E-state index contributed by atoms with van der Waals surface area (Å²) in [5, 5.41) is 6.29. The zero-order chi connectivity index (χ0) is 18.5. The molecule has 0 radical (unpaired) electrons. The van der Waals surface area contributed by atoms with Crippen LogP contribution in [0.25, 0.3) is 0 Å². The minimum Gasteiger partial charge on any atom is -0.372 e. The van der Waals surface area contributed by atoms with Gasteiger partial charge in [0.15, 0.2) is 0 Å². The summed E-state index contributed by atoms with van der Waals surface area (Å²) in [4.78, 5) is 26.5. The van der Waals surface area contributed by atoms with Crippen molar-refractivity contribution >= 4 is 11.8 Å². The first kappa shape index (κ1) is 18.9. The molecule has 2 fully saturated rings. The van der Waals surface area contributed by atoms with Crippen molar-refractivity contribution in [2.75, 3.05) is 19.6 Å². The standard InChI is InChI=1S/C20H29N3O3/c1-14-12-23(13-15(2)26-14)20(25)17-7-5-16(6-8-17)11-22-19(24)10-18-4-3-9-21-18/h5-8,14-15,18,21H,3-4,9-13H2,1-2H3,(H,22,24). The van der Waals surface area contributed by atoms with Crippen molar-refractivity contribution in [3.8, 4) is 0 Å².